The zero-order chi connectivity index (χ0) is 40.8. The maximum absolute atomic E-state index is 6.51. The molecule has 1 radical (unpaired) electrons. The van der Waals surface area contributed by atoms with Crippen LogP contribution in [0.4, 0.5) is 0 Å². The minimum absolute atomic E-state index is 0. The van der Waals surface area contributed by atoms with Gasteiger partial charge in [-0.1, -0.05) is 126 Å². The molecule has 0 aliphatic carbocycles. The van der Waals surface area contributed by atoms with Crippen LogP contribution in [0.1, 0.15) is 93.5 Å². The molecule has 5 heteroatoms. The van der Waals surface area contributed by atoms with E-state index in [1.807, 2.05) is 37.6 Å². The molecular weight excluding hydrogens is 887 g/mol. The number of rotatable bonds is 5. The molecule has 8 aromatic rings. The molecule has 4 aromatic heterocycles. The molecular formula is C53H55IrN3O-2. The second-order valence-electron chi connectivity index (χ2n) is 18.2. The number of nitrogens with zero attached hydrogens (tertiary/aromatic N) is 3. The Morgan fingerprint density at radius 3 is 1.98 bits per heavy atom. The second kappa shape index (κ2) is 16.7. The molecule has 299 valence electrons. The van der Waals surface area contributed by atoms with Gasteiger partial charge in [-0.05, 0) is 96.1 Å². The van der Waals surface area contributed by atoms with Gasteiger partial charge >= 0.3 is 0 Å². The van der Waals surface area contributed by atoms with E-state index in [4.69, 9.17) is 9.40 Å². The molecule has 0 fully saturated rings. The SMILES string of the molecule is Cc1cnc(-c2[c-]cc(C)c(-c3ccc(CC(C)(C)C)cc3)c2)cc1C.Cc1cnc(-c2[c-]ccc3c2oc2c4ccnc(C)c4ccc32)cc1C(C)C(C)(C)C.[Ir]. The number of hydrogen-bond donors (Lipinski definition) is 0. The van der Waals surface area contributed by atoms with E-state index in [1.54, 1.807) is 0 Å². The summed E-state index contributed by atoms with van der Waals surface area (Å²) in [7, 11) is 0. The maximum atomic E-state index is 6.51. The van der Waals surface area contributed by atoms with Gasteiger partial charge in [-0.25, -0.2) is 0 Å². The summed E-state index contributed by atoms with van der Waals surface area (Å²) in [4.78, 5) is 13.8. The van der Waals surface area contributed by atoms with Gasteiger partial charge in [0, 0.05) is 60.5 Å². The number of fused-ring (bicyclic) bond motifs is 5. The molecule has 0 aliphatic heterocycles. The third-order valence-electron chi connectivity index (χ3n) is 11.5. The van der Waals surface area contributed by atoms with Crippen LogP contribution in [-0.2, 0) is 26.5 Å². The number of pyridine rings is 3. The van der Waals surface area contributed by atoms with Crippen LogP contribution in [0.2, 0.25) is 0 Å². The third kappa shape index (κ3) is 8.87. The molecule has 0 saturated carbocycles. The third-order valence-corrected chi connectivity index (χ3v) is 11.5. The number of furan rings is 1. The predicted octanol–water partition coefficient (Wildman–Crippen LogP) is 14.5. The van der Waals surface area contributed by atoms with Gasteiger partial charge < -0.3 is 14.4 Å². The molecule has 0 amide bonds. The second-order valence-corrected chi connectivity index (χ2v) is 18.2. The van der Waals surface area contributed by atoms with Crippen molar-refractivity contribution in [3.05, 3.63) is 149 Å². The largest absolute Gasteiger partial charge is 0.500 e. The fraction of sp³-hybridized carbons (Fsp3) is 0.302. The van der Waals surface area contributed by atoms with Crippen LogP contribution in [0, 0.1) is 57.6 Å². The first-order chi connectivity index (χ1) is 27.0. The van der Waals surface area contributed by atoms with Gasteiger partial charge in [0.1, 0.15) is 5.58 Å². The van der Waals surface area contributed by atoms with Gasteiger partial charge in [-0.2, -0.15) is 0 Å². The first kappa shape index (κ1) is 42.6. The summed E-state index contributed by atoms with van der Waals surface area (Å²) < 4.78 is 6.51. The Labute approximate surface area is 358 Å². The summed E-state index contributed by atoms with van der Waals surface area (Å²) >= 11 is 0. The minimum Gasteiger partial charge on any atom is -0.500 e. The molecule has 1 unspecified atom stereocenters. The van der Waals surface area contributed by atoms with Crippen molar-refractivity contribution >= 4 is 32.7 Å². The molecule has 58 heavy (non-hydrogen) atoms. The summed E-state index contributed by atoms with van der Waals surface area (Å²) in [6, 6.07) is 34.8. The van der Waals surface area contributed by atoms with Crippen molar-refractivity contribution in [3.63, 3.8) is 0 Å². The Bertz CT molecular complexity index is 2750. The molecule has 0 bridgehead atoms. The fourth-order valence-corrected chi connectivity index (χ4v) is 7.61. The van der Waals surface area contributed by atoms with Crippen LogP contribution in [0.3, 0.4) is 0 Å². The van der Waals surface area contributed by atoms with Crippen molar-refractivity contribution in [2.45, 2.75) is 95.4 Å². The molecule has 0 N–H and O–H groups in total. The van der Waals surface area contributed by atoms with Crippen molar-refractivity contribution in [1.82, 2.24) is 15.0 Å². The van der Waals surface area contributed by atoms with Gasteiger partial charge in [-0.3, -0.25) is 4.98 Å². The summed E-state index contributed by atoms with van der Waals surface area (Å²) in [5.74, 6) is 0.406. The topological polar surface area (TPSA) is 51.8 Å². The van der Waals surface area contributed by atoms with Crippen molar-refractivity contribution < 1.29 is 24.5 Å². The average molecular weight is 942 g/mol. The molecule has 8 rings (SSSR count). The Morgan fingerprint density at radius 2 is 1.29 bits per heavy atom. The Balaban J connectivity index is 0.000000195. The van der Waals surface area contributed by atoms with Crippen molar-refractivity contribution in [2.24, 2.45) is 10.8 Å². The van der Waals surface area contributed by atoms with Crippen molar-refractivity contribution in [2.75, 3.05) is 0 Å². The monoisotopic (exact) mass is 942 g/mol. The summed E-state index contributed by atoms with van der Waals surface area (Å²) in [5.41, 5.74) is 17.2. The Hall–Kier alpha value is -4.96. The average Bonchev–Trinajstić information content (AvgIpc) is 3.56. The number of hydrogen-bond acceptors (Lipinski definition) is 4. The normalized spacial score (nSPS) is 12.3. The zero-order valence-electron chi connectivity index (χ0n) is 36.1. The molecule has 4 nitrogen and oxygen atoms in total. The predicted molar refractivity (Wildman–Crippen MR) is 240 cm³/mol. The van der Waals surface area contributed by atoms with E-state index in [-0.39, 0.29) is 25.5 Å². The van der Waals surface area contributed by atoms with Gasteiger partial charge in [-0.15, -0.1) is 47.5 Å². The van der Waals surface area contributed by atoms with Crippen LogP contribution in [-0.4, -0.2) is 15.0 Å². The zero-order valence-corrected chi connectivity index (χ0v) is 38.5. The summed E-state index contributed by atoms with van der Waals surface area (Å²) in [6.45, 7) is 26.5. The fourth-order valence-electron chi connectivity index (χ4n) is 7.61. The van der Waals surface area contributed by atoms with Crippen molar-refractivity contribution in [3.8, 4) is 33.6 Å². The Kier molecular flexibility index (Phi) is 12.3. The smallest absolute Gasteiger partial charge is 0.128 e. The van der Waals surface area contributed by atoms with E-state index < -0.39 is 0 Å². The van der Waals surface area contributed by atoms with Crippen LogP contribution in [0.15, 0.2) is 102 Å². The van der Waals surface area contributed by atoms with Crippen LogP contribution in [0.5, 0.6) is 0 Å². The van der Waals surface area contributed by atoms with E-state index in [0.29, 0.717) is 11.3 Å². The van der Waals surface area contributed by atoms with Crippen LogP contribution in [0.25, 0.3) is 66.4 Å². The first-order valence-corrected chi connectivity index (χ1v) is 20.1. The molecule has 0 spiro atoms. The van der Waals surface area contributed by atoms with E-state index in [9.17, 15) is 0 Å². The first-order valence-electron chi connectivity index (χ1n) is 20.1. The van der Waals surface area contributed by atoms with Gasteiger partial charge in [0.25, 0.3) is 0 Å². The van der Waals surface area contributed by atoms with E-state index in [1.165, 1.54) is 44.5 Å². The maximum Gasteiger partial charge on any atom is 0.128 e. The van der Waals surface area contributed by atoms with Crippen molar-refractivity contribution in [1.29, 1.82) is 0 Å². The summed E-state index contributed by atoms with van der Waals surface area (Å²) in [5, 5.41) is 4.41. The molecule has 4 aromatic carbocycles. The molecule has 1 atom stereocenters. The minimum atomic E-state index is 0. The number of aromatic nitrogens is 3. The Morgan fingerprint density at radius 1 is 0.638 bits per heavy atom. The van der Waals surface area contributed by atoms with E-state index in [2.05, 4.69) is 165 Å². The molecule has 0 saturated heterocycles. The summed E-state index contributed by atoms with van der Waals surface area (Å²) in [6.07, 6.45) is 6.86. The van der Waals surface area contributed by atoms with E-state index >= 15 is 0 Å². The standard InChI is InChI=1S/C28H27N2O.C25H28N.Ir/c1-16-15-30-25(14-24(16)17(2)28(4,5)6)23-9-7-8-20-21-11-10-19-18(3)29-13-12-22(19)26(21)31-27(20)23;1-17-7-10-22(24-13-18(2)19(3)16-26-24)14-23(17)21-11-8-20(9-12-21)15-25(4,5)6;/h7-8,10-15,17H,1-6H3;7-9,11-14,16H,15H2,1-6H3;/q2*-1;. The van der Waals surface area contributed by atoms with Gasteiger partial charge in [0.2, 0.25) is 0 Å². The van der Waals surface area contributed by atoms with Gasteiger partial charge in [0.05, 0.1) is 5.58 Å². The van der Waals surface area contributed by atoms with Crippen LogP contribution < -0.4 is 0 Å². The number of aryl methyl sites for hydroxylation is 5. The van der Waals surface area contributed by atoms with Gasteiger partial charge in [0.15, 0.2) is 0 Å². The number of benzene rings is 4. The van der Waals surface area contributed by atoms with E-state index in [0.717, 1.165) is 67.3 Å². The van der Waals surface area contributed by atoms with Crippen LogP contribution >= 0.6 is 0 Å². The quantitative estimate of drug-likeness (QED) is 0.161. The molecule has 0 aliphatic rings. The molecule has 4 heterocycles.